The van der Waals surface area contributed by atoms with Gasteiger partial charge in [-0.2, -0.15) is 0 Å². The maximum Gasteiger partial charge on any atom is 0.332 e. The zero-order chi connectivity index (χ0) is 20.4. The van der Waals surface area contributed by atoms with Crippen LogP contribution in [0.2, 0.25) is 0 Å². The smallest absolute Gasteiger partial charge is 0.325 e. The van der Waals surface area contributed by atoms with E-state index in [1.54, 1.807) is 13.2 Å². The number of fused-ring (bicyclic) bond motifs is 1. The fourth-order valence-electron chi connectivity index (χ4n) is 2.83. The van der Waals surface area contributed by atoms with Crippen LogP contribution in [0.15, 0.2) is 44.9 Å². The zero-order valence-electron chi connectivity index (χ0n) is 15.7. The van der Waals surface area contributed by atoms with E-state index in [-0.39, 0.29) is 23.1 Å². The second kappa shape index (κ2) is 7.97. The molecule has 1 amide bonds. The van der Waals surface area contributed by atoms with Crippen molar-refractivity contribution >= 4 is 34.4 Å². The fraction of sp³-hybridized carbons (Fsp3) is 0.263. The van der Waals surface area contributed by atoms with Crippen LogP contribution in [0.1, 0.15) is 12.5 Å². The summed E-state index contributed by atoms with van der Waals surface area (Å²) in [5, 5.41) is 3.01. The molecule has 0 radical (unpaired) electrons. The molecule has 9 heteroatoms. The minimum absolute atomic E-state index is 0.0511. The molecule has 0 saturated carbocycles. The second-order valence-electron chi connectivity index (χ2n) is 6.21. The Morgan fingerprint density at radius 3 is 2.50 bits per heavy atom. The third-order valence-electron chi connectivity index (χ3n) is 4.35. The van der Waals surface area contributed by atoms with E-state index in [1.165, 1.54) is 47.6 Å². The normalized spacial score (nSPS) is 11.0. The number of pyridine rings is 1. The van der Waals surface area contributed by atoms with Crippen LogP contribution >= 0.6 is 11.8 Å². The highest BCUT2D eigenvalue weighted by atomic mass is 32.2. The van der Waals surface area contributed by atoms with Crippen molar-refractivity contribution < 1.29 is 9.18 Å². The van der Waals surface area contributed by atoms with Gasteiger partial charge in [0.1, 0.15) is 11.5 Å². The number of aromatic nitrogens is 3. The van der Waals surface area contributed by atoms with E-state index in [2.05, 4.69) is 10.3 Å². The Kier molecular flexibility index (Phi) is 5.64. The molecule has 3 rings (SSSR count). The molecule has 3 aromatic rings. The molecule has 1 N–H and O–H groups in total. The molecule has 2 heterocycles. The number of rotatable bonds is 5. The first-order valence-electron chi connectivity index (χ1n) is 8.59. The first-order chi connectivity index (χ1) is 13.3. The van der Waals surface area contributed by atoms with E-state index in [0.29, 0.717) is 22.4 Å². The molecule has 0 aliphatic rings. The highest BCUT2D eigenvalue weighted by molar-refractivity contribution is 8.00. The number of hydrogen-bond donors (Lipinski definition) is 1. The molecule has 0 aliphatic carbocycles. The number of nitrogens with one attached hydrogen (secondary N) is 1. The van der Waals surface area contributed by atoms with Gasteiger partial charge in [-0.15, -0.1) is 11.8 Å². The molecule has 1 aromatic carbocycles. The number of halogens is 1. The average molecular weight is 402 g/mol. The first-order valence-corrected chi connectivity index (χ1v) is 9.57. The van der Waals surface area contributed by atoms with Gasteiger partial charge in [-0.3, -0.25) is 18.7 Å². The van der Waals surface area contributed by atoms with Gasteiger partial charge in [-0.05, 0) is 36.2 Å². The second-order valence-corrected chi connectivity index (χ2v) is 7.20. The first kappa shape index (κ1) is 19.8. The van der Waals surface area contributed by atoms with Crippen molar-refractivity contribution in [3.63, 3.8) is 0 Å². The molecule has 7 nitrogen and oxygen atoms in total. The van der Waals surface area contributed by atoms with Gasteiger partial charge >= 0.3 is 5.69 Å². The average Bonchev–Trinajstić information content (AvgIpc) is 2.70. The lowest BCUT2D eigenvalue weighted by Crippen LogP contribution is -2.37. The Bertz CT molecular complexity index is 1170. The van der Waals surface area contributed by atoms with Gasteiger partial charge in [-0.25, -0.2) is 14.2 Å². The molecule has 28 heavy (non-hydrogen) atoms. The van der Waals surface area contributed by atoms with Crippen LogP contribution in [-0.4, -0.2) is 25.8 Å². The van der Waals surface area contributed by atoms with Gasteiger partial charge in [0, 0.05) is 30.9 Å². The van der Waals surface area contributed by atoms with Crippen LogP contribution in [-0.2, 0) is 25.3 Å². The predicted octanol–water partition coefficient (Wildman–Crippen LogP) is 2.06. The van der Waals surface area contributed by atoms with Gasteiger partial charge in [0.2, 0.25) is 5.91 Å². The lowest BCUT2D eigenvalue weighted by molar-refractivity contribution is -0.113. The van der Waals surface area contributed by atoms with Crippen LogP contribution in [0, 0.1) is 5.82 Å². The molecular weight excluding hydrogens is 383 g/mol. The van der Waals surface area contributed by atoms with Gasteiger partial charge in [-0.1, -0.05) is 6.92 Å². The van der Waals surface area contributed by atoms with Crippen LogP contribution in [0.5, 0.6) is 0 Å². The van der Waals surface area contributed by atoms with E-state index in [0.717, 1.165) is 10.1 Å². The fourth-order valence-corrected chi connectivity index (χ4v) is 3.88. The van der Waals surface area contributed by atoms with E-state index in [9.17, 15) is 18.8 Å². The number of thioether (sulfide) groups is 1. The molecule has 146 valence electrons. The number of benzene rings is 1. The van der Waals surface area contributed by atoms with Crippen LogP contribution in [0.25, 0.3) is 11.0 Å². The largest absolute Gasteiger partial charge is 0.332 e. The lowest BCUT2D eigenvalue weighted by Gasteiger charge is -2.13. The van der Waals surface area contributed by atoms with Crippen molar-refractivity contribution in [3.05, 3.63) is 62.7 Å². The number of hydrogen-bond acceptors (Lipinski definition) is 5. The van der Waals surface area contributed by atoms with Crippen molar-refractivity contribution in [1.82, 2.24) is 14.1 Å². The minimum Gasteiger partial charge on any atom is -0.325 e. The summed E-state index contributed by atoms with van der Waals surface area (Å²) in [6.07, 6.45) is 2.25. The Labute approximate surface area is 164 Å². The van der Waals surface area contributed by atoms with Gasteiger partial charge < -0.3 is 5.32 Å². The summed E-state index contributed by atoms with van der Waals surface area (Å²) >= 11 is 1.21. The molecule has 0 fully saturated rings. The highest BCUT2D eigenvalue weighted by Gasteiger charge is 2.18. The summed E-state index contributed by atoms with van der Waals surface area (Å²) in [6, 6.07) is 5.47. The maximum atomic E-state index is 13.0. The zero-order valence-corrected chi connectivity index (χ0v) is 16.5. The summed E-state index contributed by atoms with van der Waals surface area (Å²) in [5.41, 5.74) is 0.691. The number of nitrogens with zero attached hydrogens (tertiary/aromatic N) is 3. The molecule has 0 unspecified atom stereocenters. The van der Waals surface area contributed by atoms with Crippen LogP contribution < -0.4 is 16.6 Å². The Morgan fingerprint density at radius 2 is 1.86 bits per heavy atom. The summed E-state index contributed by atoms with van der Waals surface area (Å²) in [4.78, 5) is 42.1. The highest BCUT2D eigenvalue weighted by Crippen LogP contribution is 2.28. The Hall–Kier alpha value is -2.94. The quantitative estimate of drug-likeness (QED) is 0.661. The number of aryl methyl sites for hydroxylation is 2. The van der Waals surface area contributed by atoms with Crippen LogP contribution in [0.3, 0.4) is 0 Å². The summed E-state index contributed by atoms with van der Waals surface area (Å²) in [5.74, 6) is -0.620. The van der Waals surface area contributed by atoms with E-state index >= 15 is 0 Å². The van der Waals surface area contributed by atoms with E-state index < -0.39 is 11.2 Å². The Morgan fingerprint density at radius 1 is 1.18 bits per heavy atom. The van der Waals surface area contributed by atoms with Gasteiger partial charge in [0.25, 0.3) is 5.56 Å². The standard InChI is InChI=1S/C19H19FN4O3S/c1-4-11-9-21-17-15(18(26)24(3)19(27)23(17)2)16(11)28-10-14(25)22-13-7-5-12(20)6-8-13/h5-9H,4,10H2,1-3H3,(H,22,25). The lowest BCUT2D eigenvalue weighted by atomic mass is 10.2. The van der Waals surface area contributed by atoms with Gasteiger partial charge in [0.05, 0.1) is 11.1 Å². The number of amides is 1. The summed E-state index contributed by atoms with van der Waals surface area (Å²) in [7, 11) is 2.97. The van der Waals surface area contributed by atoms with Crippen molar-refractivity contribution in [1.29, 1.82) is 0 Å². The van der Waals surface area contributed by atoms with Crippen LogP contribution in [0.4, 0.5) is 10.1 Å². The third-order valence-corrected chi connectivity index (χ3v) is 5.51. The number of carbonyl (C=O) groups is 1. The maximum absolute atomic E-state index is 13.0. The van der Waals surface area contributed by atoms with Crippen molar-refractivity contribution in [3.8, 4) is 0 Å². The topological polar surface area (TPSA) is 86.0 Å². The summed E-state index contributed by atoms with van der Waals surface area (Å²) < 4.78 is 15.3. The van der Waals surface area contributed by atoms with E-state index in [4.69, 9.17) is 0 Å². The monoisotopic (exact) mass is 402 g/mol. The molecule has 0 spiro atoms. The molecule has 0 bridgehead atoms. The molecule has 0 atom stereocenters. The third kappa shape index (κ3) is 3.70. The van der Waals surface area contributed by atoms with Crippen molar-refractivity contribution in [2.75, 3.05) is 11.1 Å². The summed E-state index contributed by atoms with van der Waals surface area (Å²) in [6.45, 7) is 1.93. The predicted molar refractivity (Wildman–Crippen MR) is 107 cm³/mol. The van der Waals surface area contributed by atoms with Crippen molar-refractivity contribution in [2.24, 2.45) is 14.1 Å². The number of anilines is 1. The molecule has 0 aliphatic heterocycles. The van der Waals surface area contributed by atoms with Gasteiger partial charge in [0.15, 0.2) is 0 Å². The minimum atomic E-state index is -0.459. The molecule has 2 aromatic heterocycles. The molecule has 0 saturated heterocycles. The SMILES string of the molecule is CCc1cnc2c(c1SCC(=O)Nc1ccc(F)cc1)c(=O)n(C)c(=O)n2C. The number of carbonyl (C=O) groups excluding carboxylic acids is 1. The van der Waals surface area contributed by atoms with E-state index in [1.807, 2.05) is 6.92 Å². The molecular formula is C19H19FN4O3S. The Balaban J connectivity index is 1.95. The van der Waals surface area contributed by atoms with Crippen molar-refractivity contribution in [2.45, 2.75) is 18.2 Å².